The molecule has 2 aromatic carbocycles. The molecule has 0 atom stereocenters. The minimum absolute atomic E-state index is 0.114. The molecule has 136 valence electrons. The van der Waals surface area contributed by atoms with Gasteiger partial charge in [-0.3, -0.25) is 0 Å². The molecule has 26 heavy (non-hydrogen) atoms. The lowest BCUT2D eigenvalue weighted by atomic mass is 10.1. The van der Waals surface area contributed by atoms with Crippen LogP contribution in [0.25, 0.3) is 11.0 Å². The Morgan fingerprint density at radius 2 is 1.85 bits per heavy atom. The van der Waals surface area contributed by atoms with Gasteiger partial charge in [-0.05, 0) is 48.7 Å². The van der Waals surface area contributed by atoms with Crippen molar-refractivity contribution in [2.45, 2.75) is 25.2 Å². The Labute approximate surface area is 148 Å². The van der Waals surface area contributed by atoms with Gasteiger partial charge in [0, 0.05) is 17.5 Å². The van der Waals surface area contributed by atoms with Crippen LogP contribution in [0.4, 0.5) is 8.78 Å². The zero-order chi connectivity index (χ0) is 19.1. The summed E-state index contributed by atoms with van der Waals surface area (Å²) in [5, 5.41) is 0.628. The van der Waals surface area contributed by atoms with Gasteiger partial charge in [0.25, 0.3) is 0 Å². The SMILES string of the molecule is CCc1cc2c(C)cc(=O)oc2cc1OS(=O)(=O)c1cc(F)ccc1F. The zero-order valence-corrected chi connectivity index (χ0v) is 14.7. The van der Waals surface area contributed by atoms with Crippen molar-refractivity contribution >= 4 is 21.1 Å². The quantitative estimate of drug-likeness (QED) is 0.510. The highest BCUT2D eigenvalue weighted by Crippen LogP contribution is 2.30. The third kappa shape index (κ3) is 3.32. The summed E-state index contributed by atoms with van der Waals surface area (Å²) in [4.78, 5) is 10.6. The largest absolute Gasteiger partial charge is 0.423 e. The first-order valence-corrected chi connectivity index (χ1v) is 9.09. The van der Waals surface area contributed by atoms with E-state index in [0.717, 1.165) is 6.07 Å². The number of hydrogen-bond acceptors (Lipinski definition) is 5. The average molecular weight is 380 g/mol. The Hall–Kier alpha value is -2.74. The maximum absolute atomic E-state index is 13.8. The van der Waals surface area contributed by atoms with Crippen LogP contribution in [0.1, 0.15) is 18.1 Å². The fourth-order valence-corrected chi connectivity index (χ4v) is 3.62. The topological polar surface area (TPSA) is 73.6 Å². The number of rotatable bonds is 4. The molecule has 1 heterocycles. The lowest BCUT2D eigenvalue weighted by Gasteiger charge is -2.12. The predicted octanol–water partition coefficient (Wildman–Crippen LogP) is 3.71. The van der Waals surface area contributed by atoms with Crippen LogP contribution in [-0.4, -0.2) is 8.42 Å². The molecule has 0 N–H and O–H groups in total. The van der Waals surface area contributed by atoms with E-state index in [9.17, 15) is 22.0 Å². The fraction of sp³-hybridized carbons (Fsp3) is 0.167. The molecule has 0 unspecified atom stereocenters. The lowest BCUT2D eigenvalue weighted by Crippen LogP contribution is -2.13. The van der Waals surface area contributed by atoms with Crippen molar-refractivity contribution in [2.24, 2.45) is 0 Å². The molecule has 0 aliphatic rings. The van der Waals surface area contributed by atoms with Gasteiger partial charge >= 0.3 is 15.7 Å². The molecule has 0 radical (unpaired) electrons. The minimum Gasteiger partial charge on any atom is -0.423 e. The van der Waals surface area contributed by atoms with Crippen LogP contribution in [0.3, 0.4) is 0 Å². The summed E-state index contributed by atoms with van der Waals surface area (Å²) in [6.45, 7) is 3.50. The summed E-state index contributed by atoms with van der Waals surface area (Å²) in [6.07, 6.45) is 0.408. The van der Waals surface area contributed by atoms with E-state index in [2.05, 4.69) is 0 Å². The first-order valence-electron chi connectivity index (χ1n) is 7.68. The molecular formula is C18H14F2O5S. The van der Waals surface area contributed by atoms with Crippen LogP contribution in [0.2, 0.25) is 0 Å². The summed E-state index contributed by atoms with van der Waals surface area (Å²) in [5.74, 6) is -2.16. The number of fused-ring (bicyclic) bond motifs is 1. The molecule has 0 aliphatic carbocycles. The van der Waals surface area contributed by atoms with Crippen LogP contribution < -0.4 is 9.81 Å². The smallest absolute Gasteiger partial charge is 0.342 e. The Kier molecular flexibility index (Phi) is 4.53. The summed E-state index contributed by atoms with van der Waals surface area (Å²) >= 11 is 0. The van der Waals surface area contributed by atoms with E-state index < -0.39 is 32.3 Å². The molecule has 0 bridgehead atoms. The van der Waals surface area contributed by atoms with Crippen molar-refractivity contribution in [3.8, 4) is 5.75 Å². The van der Waals surface area contributed by atoms with Crippen molar-refractivity contribution in [1.82, 2.24) is 0 Å². The molecule has 0 saturated carbocycles. The molecule has 3 aromatic rings. The minimum atomic E-state index is -4.62. The second-order valence-electron chi connectivity index (χ2n) is 5.67. The van der Waals surface area contributed by atoms with Gasteiger partial charge in [-0.2, -0.15) is 8.42 Å². The molecule has 0 amide bonds. The molecule has 8 heteroatoms. The zero-order valence-electron chi connectivity index (χ0n) is 13.9. The molecular weight excluding hydrogens is 366 g/mol. The Morgan fingerprint density at radius 3 is 2.54 bits per heavy atom. The van der Waals surface area contributed by atoms with E-state index in [0.29, 0.717) is 35.1 Å². The number of hydrogen-bond donors (Lipinski definition) is 0. The van der Waals surface area contributed by atoms with Gasteiger partial charge in [0.05, 0.1) is 0 Å². The molecule has 5 nitrogen and oxygen atoms in total. The Bertz CT molecular complexity index is 1170. The molecule has 0 saturated heterocycles. The monoisotopic (exact) mass is 380 g/mol. The highest BCUT2D eigenvalue weighted by atomic mass is 32.2. The standard InChI is InChI=1S/C18H14F2O5S/c1-3-11-7-13-10(2)6-18(21)24-16(13)9-15(11)25-26(22,23)17-8-12(19)4-5-14(17)20/h4-9H,3H2,1-2H3. The molecule has 1 aromatic heterocycles. The van der Waals surface area contributed by atoms with E-state index in [4.69, 9.17) is 8.60 Å². The van der Waals surface area contributed by atoms with Crippen molar-refractivity contribution in [3.63, 3.8) is 0 Å². The molecule has 3 rings (SSSR count). The number of benzene rings is 2. The summed E-state index contributed by atoms with van der Waals surface area (Å²) in [5.41, 5.74) is 0.715. The maximum atomic E-state index is 13.8. The van der Waals surface area contributed by atoms with Gasteiger partial charge in [-0.25, -0.2) is 13.6 Å². The van der Waals surface area contributed by atoms with E-state index >= 15 is 0 Å². The normalized spacial score (nSPS) is 11.7. The number of halogens is 2. The lowest BCUT2D eigenvalue weighted by molar-refractivity contribution is 0.470. The van der Waals surface area contributed by atoms with Gasteiger partial charge in [0.2, 0.25) is 0 Å². The first kappa shape index (κ1) is 18.1. The van der Waals surface area contributed by atoms with E-state index in [1.807, 2.05) is 0 Å². The summed E-state index contributed by atoms with van der Waals surface area (Å²) < 4.78 is 62.0. The molecule has 0 fully saturated rings. The van der Waals surface area contributed by atoms with E-state index in [-0.39, 0.29) is 11.3 Å². The molecule has 0 aliphatic heterocycles. The van der Waals surface area contributed by atoms with Gasteiger partial charge in [-0.15, -0.1) is 0 Å². The highest BCUT2D eigenvalue weighted by Gasteiger charge is 2.24. The fourth-order valence-electron chi connectivity index (χ4n) is 2.58. The van der Waals surface area contributed by atoms with Gasteiger partial charge < -0.3 is 8.60 Å². The van der Waals surface area contributed by atoms with E-state index in [1.165, 1.54) is 12.1 Å². The maximum Gasteiger partial charge on any atom is 0.342 e. The van der Waals surface area contributed by atoms with Crippen LogP contribution in [-0.2, 0) is 16.5 Å². The Morgan fingerprint density at radius 1 is 1.12 bits per heavy atom. The van der Waals surface area contributed by atoms with Crippen LogP contribution >= 0.6 is 0 Å². The second kappa shape index (κ2) is 6.53. The van der Waals surface area contributed by atoms with E-state index in [1.54, 1.807) is 19.9 Å². The van der Waals surface area contributed by atoms with Crippen LogP contribution in [0.5, 0.6) is 5.75 Å². The van der Waals surface area contributed by atoms with Crippen LogP contribution in [0, 0.1) is 18.6 Å². The van der Waals surface area contributed by atoms with Crippen molar-refractivity contribution < 1.29 is 25.8 Å². The third-order valence-electron chi connectivity index (χ3n) is 3.88. The first-order chi connectivity index (χ1) is 12.2. The Balaban J connectivity index is 2.15. The van der Waals surface area contributed by atoms with Crippen molar-refractivity contribution in [1.29, 1.82) is 0 Å². The summed E-state index contributed by atoms with van der Waals surface area (Å²) in [7, 11) is -4.62. The second-order valence-corrected chi connectivity index (χ2v) is 7.19. The predicted molar refractivity (Wildman–Crippen MR) is 90.8 cm³/mol. The van der Waals surface area contributed by atoms with Gasteiger partial charge in [0.1, 0.15) is 27.9 Å². The molecule has 0 spiro atoms. The van der Waals surface area contributed by atoms with Crippen molar-refractivity contribution in [3.05, 3.63) is 69.6 Å². The van der Waals surface area contributed by atoms with Crippen LogP contribution in [0.15, 0.2) is 50.5 Å². The highest BCUT2D eigenvalue weighted by molar-refractivity contribution is 7.87. The van der Waals surface area contributed by atoms with Gasteiger partial charge in [-0.1, -0.05) is 6.92 Å². The summed E-state index contributed by atoms with van der Waals surface area (Å²) in [6, 6.07) is 6.27. The van der Waals surface area contributed by atoms with Gasteiger partial charge in [0.15, 0.2) is 0 Å². The average Bonchev–Trinajstić information content (AvgIpc) is 2.56. The van der Waals surface area contributed by atoms with Crippen molar-refractivity contribution in [2.75, 3.05) is 0 Å². The number of aryl methyl sites for hydroxylation is 2. The third-order valence-corrected chi connectivity index (χ3v) is 5.13.